The molecule has 35 atom stereocenters. The van der Waals surface area contributed by atoms with Crippen LogP contribution in [0.1, 0.15) is 27.7 Å². The Labute approximate surface area is 489 Å². The van der Waals surface area contributed by atoms with E-state index in [1.54, 1.807) is 13.8 Å². The molecule has 7 aliphatic rings. The van der Waals surface area contributed by atoms with E-state index < -0.39 is 273 Å². The van der Waals surface area contributed by atoms with Crippen LogP contribution in [-0.4, -0.2) is 375 Å². The van der Waals surface area contributed by atoms with Gasteiger partial charge in [-0.25, -0.2) is 0 Å². The topological polar surface area (TPSA) is 583 Å². The fourth-order valence-electron chi connectivity index (χ4n) is 11.2. The molecule has 0 spiro atoms. The first-order chi connectivity index (χ1) is 40.6. The highest BCUT2D eigenvalue weighted by Crippen LogP contribution is 2.37. The lowest BCUT2D eigenvalue weighted by Gasteiger charge is -2.51. The van der Waals surface area contributed by atoms with Crippen LogP contribution in [0.4, 0.5) is 0 Å². The third kappa shape index (κ3) is 15.4. The number of rotatable bonds is 22. The molecule has 86 heavy (non-hydrogen) atoms. The minimum atomic E-state index is -2.32. The van der Waals surface area contributed by atoms with Crippen LogP contribution < -0.4 is 10.6 Å². The van der Waals surface area contributed by atoms with Crippen LogP contribution >= 0.6 is 0 Å². The van der Waals surface area contributed by atoms with Gasteiger partial charge in [-0.1, -0.05) is 13.8 Å². The summed E-state index contributed by atoms with van der Waals surface area (Å²) in [4.78, 5) is 25.1. The SMILES string of the molecule is CC(=O)NC1[C@H](O[C@@H]2C(CO)O[C@@H](C(C)C)C(NC(C)=O)[C@H]2O)OC(CO)[C@@H](O[C@@H]2OC(CO[C@H]3OC(CO[C@H]4OC(CO)[C@@H](O)[C@H](O)C4O)[C@@H](O)[C@H](O[C@H]4O[C@@H](CO)[C@@H](O)C(O)C4O)C3O)[C@@H](O)[C@H](O[C@H]3O[C@@H](CO)[C@@H](O)C(O)C3O)C2O)[C@@H]1O. The van der Waals surface area contributed by atoms with Crippen LogP contribution in [0.5, 0.6) is 0 Å². The van der Waals surface area contributed by atoms with Crippen LogP contribution in [0.15, 0.2) is 0 Å². The summed E-state index contributed by atoms with van der Waals surface area (Å²) in [6.45, 7) is -0.909. The summed E-state index contributed by atoms with van der Waals surface area (Å²) in [6.07, 6.45) is -63.0. The number of aliphatic hydroxyl groups excluding tert-OH is 20. The lowest BCUT2D eigenvalue weighted by atomic mass is 9.87. The lowest BCUT2D eigenvalue weighted by Crippen LogP contribution is -2.70. The summed E-state index contributed by atoms with van der Waals surface area (Å²) in [6, 6.07) is -2.88. The highest BCUT2D eigenvalue weighted by Gasteiger charge is 2.58. The molecular formula is C49H84N2O35. The van der Waals surface area contributed by atoms with Gasteiger partial charge in [0.2, 0.25) is 11.8 Å². The van der Waals surface area contributed by atoms with Crippen molar-refractivity contribution in [3.8, 4) is 0 Å². The predicted molar refractivity (Wildman–Crippen MR) is 268 cm³/mol. The van der Waals surface area contributed by atoms with Crippen molar-refractivity contribution in [1.82, 2.24) is 10.6 Å². The Hall–Kier alpha value is -2.38. The van der Waals surface area contributed by atoms with E-state index in [1.165, 1.54) is 6.92 Å². The van der Waals surface area contributed by atoms with E-state index in [9.17, 15) is 112 Å². The van der Waals surface area contributed by atoms with Crippen molar-refractivity contribution in [2.75, 3.05) is 46.2 Å². The van der Waals surface area contributed by atoms with Gasteiger partial charge in [0.1, 0.15) is 165 Å². The molecule has 0 bridgehead atoms. The van der Waals surface area contributed by atoms with Crippen LogP contribution in [0.25, 0.3) is 0 Å². The Kier molecular flexibility index (Phi) is 25.5. The average molecular weight is 1260 g/mol. The van der Waals surface area contributed by atoms with Crippen LogP contribution in [0.3, 0.4) is 0 Å². The first-order valence-corrected chi connectivity index (χ1v) is 27.9. The Morgan fingerprint density at radius 2 is 0.640 bits per heavy atom. The zero-order chi connectivity index (χ0) is 63.5. The smallest absolute Gasteiger partial charge is 0.217 e. The van der Waals surface area contributed by atoms with Crippen molar-refractivity contribution in [2.45, 2.75) is 242 Å². The van der Waals surface area contributed by atoms with E-state index in [0.717, 1.165) is 6.92 Å². The number of carbonyl (C=O) groups is 2. The maximum absolute atomic E-state index is 12.8. The van der Waals surface area contributed by atoms with Gasteiger partial charge < -0.3 is 174 Å². The summed E-state index contributed by atoms with van der Waals surface area (Å²) in [7, 11) is 0. The molecule has 7 saturated heterocycles. The molecule has 0 aliphatic carbocycles. The number of aliphatic hydroxyl groups is 20. The van der Waals surface area contributed by atoms with Gasteiger partial charge >= 0.3 is 0 Å². The van der Waals surface area contributed by atoms with Crippen LogP contribution in [0, 0.1) is 5.92 Å². The summed E-state index contributed by atoms with van der Waals surface area (Å²) in [5.74, 6) is -1.73. The molecular weight excluding hydrogens is 1180 g/mol. The van der Waals surface area contributed by atoms with Gasteiger partial charge in [-0.2, -0.15) is 0 Å². The van der Waals surface area contributed by atoms with Gasteiger partial charge in [0.25, 0.3) is 0 Å². The highest BCUT2D eigenvalue weighted by atomic mass is 16.8. The molecule has 22 N–H and O–H groups in total. The molecule has 7 rings (SSSR count). The second-order valence-electron chi connectivity index (χ2n) is 22.4. The molecule has 7 aliphatic heterocycles. The molecule has 0 radical (unpaired) electrons. The zero-order valence-corrected chi connectivity index (χ0v) is 46.8. The summed E-state index contributed by atoms with van der Waals surface area (Å²) in [5, 5.41) is 222. The maximum atomic E-state index is 12.8. The van der Waals surface area contributed by atoms with Gasteiger partial charge in [-0.3, -0.25) is 9.59 Å². The van der Waals surface area contributed by atoms with Crippen molar-refractivity contribution in [3.63, 3.8) is 0 Å². The largest absolute Gasteiger partial charge is 0.394 e. The molecule has 37 heteroatoms. The predicted octanol–water partition coefficient (Wildman–Crippen LogP) is -14.3. The van der Waals surface area contributed by atoms with Gasteiger partial charge in [-0.15, -0.1) is 0 Å². The van der Waals surface area contributed by atoms with Crippen molar-refractivity contribution < 1.29 is 173 Å². The van der Waals surface area contributed by atoms with E-state index >= 15 is 0 Å². The summed E-state index contributed by atoms with van der Waals surface area (Å²) >= 11 is 0. The minimum Gasteiger partial charge on any atom is -0.394 e. The molecule has 500 valence electrons. The highest BCUT2D eigenvalue weighted by molar-refractivity contribution is 5.73. The quantitative estimate of drug-likeness (QED) is 0.0479. The minimum absolute atomic E-state index is 0.338. The van der Waals surface area contributed by atoms with E-state index in [0.29, 0.717) is 0 Å². The molecule has 0 aromatic carbocycles. The normalized spacial score (nSPS) is 49.5. The molecule has 14 unspecified atom stereocenters. The number of hydrogen-bond donors (Lipinski definition) is 22. The van der Waals surface area contributed by atoms with Crippen LogP contribution in [-0.2, 0) is 71.2 Å². The Morgan fingerprint density at radius 1 is 0.337 bits per heavy atom. The number of amides is 2. The molecule has 0 aromatic rings. The molecule has 0 saturated carbocycles. The van der Waals surface area contributed by atoms with Crippen molar-refractivity contribution >= 4 is 11.8 Å². The van der Waals surface area contributed by atoms with Crippen molar-refractivity contribution in [1.29, 1.82) is 0 Å². The Bertz CT molecular complexity index is 2110. The second-order valence-corrected chi connectivity index (χ2v) is 22.4. The van der Waals surface area contributed by atoms with Gasteiger partial charge in [0, 0.05) is 13.8 Å². The standard InChI is InChI=1S/C49H84N2O35/c1-12(2)39-22(50-13(3)57)29(64)40(18(8-55)76-39)83-44-23(51-14(4)58)30(65)41(19(9-56)80-44)84-49-38(73)43(86-48-36(71)33(68)26(61)17(7-54)79-48)28(63)21(82-49)11-75-46-37(72)42(85-47-35(70)32(67)25(60)16(6-53)78-47)27(62)20(81-46)10-74-45-34(69)31(66)24(59)15(5-52)77-45/h12,15-49,52-56,59-73H,5-11H2,1-4H3,(H,50,57)(H,51,58)/t15?,16-,17-,18?,19?,20?,21?,22?,23?,24+,25+,26+,27+,28+,29+,30+,31-,32?,33?,34?,35?,36?,37?,38?,39-,40+,41+,42-,43-,44-,45-,46-,47+,48+,49-/m0/s1. The number of hydrogen-bond acceptors (Lipinski definition) is 35. The van der Waals surface area contributed by atoms with E-state index in [-0.39, 0.29) is 5.92 Å². The fourth-order valence-corrected chi connectivity index (χ4v) is 11.2. The molecule has 7 fully saturated rings. The fraction of sp³-hybridized carbons (Fsp3) is 0.959. The summed E-state index contributed by atoms with van der Waals surface area (Å²) < 4.78 is 75.6. The average Bonchev–Trinajstić information content (AvgIpc) is 1.26. The Morgan fingerprint density at radius 3 is 1.06 bits per heavy atom. The van der Waals surface area contributed by atoms with E-state index in [2.05, 4.69) is 10.6 Å². The van der Waals surface area contributed by atoms with Gasteiger partial charge in [0.15, 0.2) is 37.7 Å². The van der Waals surface area contributed by atoms with Gasteiger partial charge in [0.05, 0.1) is 58.4 Å². The first kappa shape index (κ1) is 71.1. The van der Waals surface area contributed by atoms with Crippen molar-refractivity contribution in [3.05, 3.63) is 0 Å². The second kappa shape index (κ2) is 30.8. The molecule has 37 nitrogen and oxygen atoms in total. The van der Waals surface area contributed by atoms with Crippen LogP contribution in [0.2, 0.25) is 0 Å². The molecule has 2 amide bonds. The van der Waals surface area contributed by atoms with E-state index in [4.69, 9.17) is 61.6 Å². The third-order valence-electron chi connectivity index (χ3n) is 16.0. The first-order valence-electron chi connectivity index (χ1n) is 27.9. The Balaban J connectivity index is 1.17. The molecule has 0 aromatic heterocycles. The molecule has 7 heterocycles. The number of nitrogens with one attached hydrogen (secondary N) is 2. The monoisotopic (exact) mass is 1260 g/mol. The lowest BCUT2D eigenvalue weighted by molar-refractivity contribution is -0.387. The number of ether oxygens (including phenoxy) is 13. The van der Waals surface area contributed by atoms with Crippen molar-refractivity contribution in [2.24, 2.45) is 5.92 Å². The summed E-state index contributed by atoms with van der Waals surface area (Å²) in [5.41, 5.74) is 0. The number of carbonyl (C=O) groups excluding carboxylic acids is 2. The maximum Gasteiger partial charge on any atom is 0.217 e. The van der Waals surface area contributed by atoms with E-state index in [1.807, 2.05) is 0 Å². The third-order valence-corrected chi connectivity index (χ3v) is 16.0. The zero-order valence-electron chi connectivity index (χ0n) is 46.8. The van der Waals surface area contributed by atoms with Gasteiger partial charge in [-0.05, 0) is 5.92 Å².